The SMILES string of the molecule is CC(C)Oc1cccc(CN(CC(=O)O)C(=O)CCc2ccc3c(c2)C[C@@](C)(Cc2ccccc2F)O3)c1. The number of carboxylic acid groups (broad SMARTS) is 1. The van der Waals surface area contributed by atoms with Crippen molar-refractivity contribution in [3.05, 3.63) is 94.8 Å². The fourth-order valence-electron chi connectivity index (χ4n) is 4.89. The molecule has 7 heteroatoms. The van der Waals surface area contributed by atoms with Crippen LogP contribution in [0, 0.1) is 5.82 Å². The van der Waals surface area contributed by atoms with E-state index in [-0.39, 0.29) is 37.3 Å². The number of carboxylic acids is 1. The molecule has 1 aliphatic rings. The molecule has 0 aliphatic carbocycles. The molecule has 0 unspecified atom stereocenters. The summed E-state index contributed by atoms with van der Waals surface area (Å²) < 4.78 is 26.1. The molecule has 0 spiro atoms. The number of hydrogen-bond donors (Lipinski definition) is 1. The van der Waals surface area contributed by atoms with E-state index in [0.29, 0.717) is 30.6 Å². The fraction of sp³-hybridized carbons (Fsp3) is 0.355. The quantitative estimate of drug-likeness (QED) is 0.357. The third-order valence-electron chi connectivity index (χ3n) is 6.52. The molecule has 38 heavy (non-hydrogen) atoms. The summed E-state index contributed by atoms with van der Waals surface area (Å²) in [7, 11) is 0. The Labute approximate surface area is 223 Å². The summed E-state index contributed by atoms with van der Waals surface area (Å²) in [5.41, 5.74) is 2.87. The zero-order valence-electron chi connectivity index (χ0n) is 22.1. The highest BCUT2D eigenvalue weighted by molar-refractivity contribution is 5.81. The number of carbonyl (C=O) groups is 2. The van der Waals surface area contributed by atoms with Crippen LogP contribution in [0.4, 0.5) is 4.39 Å². The van der Waals surface area contributed by atoms with E-state index < -0.39 is 11.6 Å². The molecule has 200 valence electrons. The van der Waals surface area contributed by atoms with Gasteiger partial charge in [-0.25, -0.2) is 4.39 Å². The Hall–Kier alpha value is -3.87. The van der Waals surface area contributed by atoms with Gasteiger partial charge >= 0.3 is 5.97 Å². The third kappa shape index (κ3) is 7.12. The van der Waals surface area contributed by atoms with Gasteiger partial charge < -0.3 is 19.5 Å². The summed E-state index contributed by atoms with van der Waals surface area (Å²) in [6.07, 6.45) is 1.76. The molecule has 0 fully saturated rings. The average Bonchev–Trinajstić information content (AvgIpc) is 3.18. The fourth-order valence-corrected chi connectivity index (χ4v) is 4.89. The molecule has 0 radical (unpaired) electrons. The lowest BCUT2D eigenvalue weighted by molar-refractivity contribution is -0.144. The van der Waals surface area contributed by atoms with Gasteiger partial charge in [0, 0.05) is 25.8 Å². The second kappa shape index (κ2) is 11.7. The summed E-state index contributed by atoms with van der Waals surface area (Å²) >= 11 is 0. The minimum Gasteiger partial charge on any atom is -0.491 e. The molecule has 0 saturated heterocycles. The van der Waals surface area contributed by atoms with Crippen molar-refractivity contribution < 1.29 is 28.6 Å². The summed E-state index contributed by atoms with van der Waals surface area (Å²) in [5, 5.41) is 9.39. The normalized spacial score (nSPS) is 16.1. The van der Waals surface area contributed by atoms with Crippen LogP contribution in [-0.2, 0) is 35.4 Å². The molecule has 0 aromatic heterocycles. The van der Waals surface area contributed by atoms with E-state index in [0.717, 1.165) is 22.4 Å². The molecule has 1 N–H and O–H groups in total. The number of amides is 1. The molecule has 0 saturated carbocycles. The minimum absolute atomic E-state index is 0.0112. The van der Waals surface area contributed by atoms with Gasteiger partial charge in [0.25, 0.3) is 0 Å². The first kappa shape index (κ1) is 27.2. The average molecular weight is 520 g/mol. The van der Waals surface area contributed by atoms with Crippen molar-refractivity contribution in [2.24, 2.45) is 0 Å². The van der Waals surface area contributed by atoms with Crippen molar-refractivity contribution in [3.63, 3.8) is 0 Å². The summed E-state index contributed by atoms with van der Waals surface area (Å²) in [6, 6.07) is 20.0. The van der Waals surface area contributed by atoms with Crippen LogP contribution in [0.25, 0.3) is 0 Å². The highest BCUT2D eigenvalue weighted by Gasteiger charge is 2.35. The lowest BCUT2D eigenvalue weighted by Crippen LogP contribution is -2.35. The molecule has 3 aromatic rings. The second-order valence-electron chi connectivity index (χ2n) is 10.4. The van der Waals surface area contributed by atoms with Crippen LogP contribution in [-0.4, -0.2) is 40.1 Å². The Morgan fingerprint density at radius 2 is 1.87 bits per heavy atom. The molecule has 1 amide bonds. The number of aryl methyl sites for hydroxylation is 1. The Morgan fingerprint density at radius 3 is 2.61 bits per heavy atom. The second-order valence-corrected chi connectivity index (χ2v) is 10.4. The van der Waals surface area contributed by atoms with E-state index in [1.54, 1.807) is 12.1 Å². The maximum atomic E-state index is 14.2. The van der Waals surface area contributed by atoms with Crippen LogP contribution in [0.3, 0.4) is 0 Å². The first-order chi connectivity index (χ1) is 18.1. The van der Waals surface area contributed by atoms with Crippen molar-refractivity contribution in [1.29, 1.82) is 0 Å². The van der Waals surface area contributed by atoms with E-state index in [4.69, 9.17) is 9.47 Å². The maximum absolute atomic E-state index is 14.2. The third-order valence-corrected chi connectivity index (χ3v) is 6.52. The van der Waals surface area contributed by atoms with Gasteiger partial charge in [-0.15, -0.1) is 0 Å². The van der Waals surface area contributed by atoms with Crippen LogP contribution in [0.15, 0.2) is 66.7 Å². The number of benzene rings is 3. The lowest BCUT2D eigenvalue weighted by atomic mass is 9.91. The number of aliphatic carboxylic acids is 1. The number of halogens is 1. The molecule has 6 nitrogen and oxygen atoms in total. The predicted molar refractivity (Wildman–Crippen MR) is 143 cm³/mol. The number of hydrogen-bond acceptors (Lipinski definition) is 4. The van der Waals surface area contributed by atoms with Gasteiger partial charge in [-0.3, -0.25) is 9.59 Å². The molecule has 3 aromatic carbocycles. The van der Waals surface area contributed by atoms with Gasteiger partial charge in [-0.2, -0.15) is 0 Å². The van der Waals surface area contributed by atoms with Crippen molar-refractivity contribution in [2.75, 3.05) is 6.54 Å². The van der Waals surface area contributed by atoms with E-state index in [1.807, 2.05) is 69.3 Å². The maximum Gasteiger partial charge on any atom is 0.323 e. The first-order valence-electron chi connectivity index (χ1n) is 12.9. The standard InChI is InChI=1S/C31H34FNO5/c1-21(2)37-26-9-6-7-23(16-26)19-33(20-30(35)36)29(34)14-12-22-11-13-28-25(15-22)18-31(3,38-28)17-24-8-4-5-10-27(24)32/h4-11,13,15-16,21H,12,14,17-20H2,1-3H3,(H,35,36)/t31-/m1/s1. The van der Waals surface area contributed by atoms with Crippen LogP contribution < -0.4 is 9.47 Å². The molecule has 0 bridgehead atoms. The molecular formula is C31H34FNO5. The van der Waals surface area contributed by atoms with Crippen LogP contribution >= 0.6 is 0 Å². The van der Waals surface area contributed by atoms with E-state index in [1.165, 1.54) is 11.0 Å². The largest absolute Gasteiger partial charge is 0.491 e. The highest BCUT2D eigenvalue weighted by Crippen LogP contribution is 2.38. The van der Waals surface area contributed by atoms with Gasteiger partial charge in [0.15, 0.2) is 0 Å². The molecule has 1 heterocycles. The van der Waals surface area contributed by atoms with Gasteiger partial charge in [0.2, 0.25) is 5.91 Å². The van der Waals surface area contributed by atoms with Gasteiger partial charge in [0.05, 0.1) is 6.10 Å². The number of nitrogens with zero attached hydrogens (tertiary/aromatic N) is 1. The number of fused-ring (bicyclic) bond motifs is 1. The monoisotopic (exact) mass is 519 g/mol. The van der Waals surface area contributed by atoms with Crippen LogP contribution in [0.1, 0.15) is 49.4 Å². The van der Waals surface area contributed by atoms with Crippen LogP contribution in [0.5, 0.6) is 11.5 Å². The lowest BCUT2D eigenvalue weighted by Gasteiger charge is -2.24. The van der Waals surface area contributed by atoms with Gasteiger partial charge in [-0.1, -0.05) is 42.5 Å². The Morgan fingerprint density at radius 1 is 1.08 bits per heavy atom. The summed E-state index contributed by atoms with van der Waals surface area (Å²) in [4.78, 5) is 25.9. The van der Waals surface area contributed by atoms with E-state index >= 15 is 0 Å². The predicted octanol–water partition coefficient (Wildman–Crippen LogP) is 5.60. The zero-order valence-corrected chi connectivity index (χ0v) is 22.1. The van der Waals surface area contributed by atoms with Crippen molar-refractivity contribution in [1.82, 2.24) is 4.90 Å². The van der Waals surface area contributed by atoms with Gasteiger partial charge in [0.1, 0.15) is 29.5 Å². The first-order valence-corrected chi connectivity index (χ1v) is 12.9. The minimum atomic E-state index is -1.06. The smallest absolute Gasteiger partial charge is 0.323 e. The molecule has 1 atom stereocenters. The van der Waals surface area contributed by atoms with Crippen molar-refractivity contribution >= 4 is 11.9 Å². The van der Waals surface area contributed by atoms with Crippen molar-refractivity contribution in [2.45, 2.75) is 64.7 Å². The Kier molecular flexibility index (Phi) is 8.35. The van der Waals surface area contributed by atoms with E-state index in [2.05, 4.69) is 0 Å². The Balaban J connectivity index is 1.39. The zero-order chi connectivity index (χ0) is 27.3. The topological polar surface area (TPSA) is 76.1 Å². The highest BCUT2D eigenvalue weighted by atomic mass is 19.1. The van der Waals surface area contributed by atoms with Gasteiger partial charge in [-0.05, 0) is 73.7 Å². The summed E-state index contributed by atoms with van der Waals surface area (Å²) in [5.74, 6) is -0.0736. The summed E-state index contributed by atoms with van der Waals surface area (Å²) in [6.45, 7) is 5.66. The molecule has 4 rings (SSSR count). The molecular weight excluding hydrogens is 485 g/mol. The number of carbonyl (C=O) groups excluding carboxylic acids is 1. The van der Waals surface area contributed by atoms with Crippen molar-refractivity contribution in [3.8, 4) is 11.5 Å². The number of ether oxygens (including phenoxy) is 2. The molecule has 1 aliphatic heterocycles. The van der Waals surface area contributed by atoms with Crippen LogP contribution in [0.2, 0.25) is 0 Å². The number of rotatable bonds is 11. The van der Waals surface area contributed by atoms with E-state index in [9.17, 15) is 19.1 Å². The Bertz CT molecular complexity index is 1310.